The van der Waals surface area contributed by atoms with Gasteiger partial charge >= 0.3 is 0 Å². The molecule has 0 fully saturated rings. The molecular weight excluding hydrogens is 290 g/mol. The topological polar surface area (TPSA) is 67.6 Å². The summed E-state index contributed by atoms with van der Waals surface area (Å²) in [6.45, 7) is 3.05. The van der Waals surface area contributed by atoms with Crippen LogP contribution in [0.5, 0.6) is 5.75 Å². The van der Waals surface area contributed by atoms with Crippen molar-refractivity contribution < 1.29 is 9.53 Å². The Labute approximate surface area is 133 Å². The molecule has 1 amide bonds. The van der Waals surface area contributed by atoms with Crippen molar-refractivity contribution in [2.24, 2.45) is 5.73 Å². The molecule has 0 aromatic heterocycles. The first kappa shape index (κ1) is 19.7. The number of ether oxygens (including phenoxy) is 1. The monoisotopic (exact) mass is 315 g/mol. The molecule has 1 aromatic rings. The molecule has 5 nitrogen and oxygen atoms in total. The van der Waals surface area contributed by atoms with Gasteiger partial charge in [-0.1, -0.05) is 13.3 Å². The van der Waals surface area contributed by atoms with Gasteiger partial charge in [-0.05, 0) is 44.8 Å². The van der Waals surface area contributed by atoms with Gasteiger partial charge < -0.3 is 15.8 Å². The number of nitrogens with one attached hydrogen (secondary N) is 1. The number of carbonyl (C=O) groups excluding carboxylic acids is 1. The number of nitrogens with two attached hydrogens (primary N) is 1. The first-order valence-electron chi connectivity index (χ1n) is 6.98. The summed E-state index contributed by atoms with van der Waals surface area (Å²) in [5.74, 6) is 0.777. The van der Waals surface area contributed by atoms with E-state index in [9.17, 15) is 4.79 Å². The molecule has 0 aliphatic carbocycles. The van der Waals surface area contributed by atoms with Crippen LogP contribution in [0.3, 0.4) is 0 Å². The van der Waals surface area contributed by atoms with E-state index in [1.54, 1.807) is 0 Å². The van der Waals surface area contributed by atoms with E-state index in [0.717, 1.165) is 24.3 Å². The standard InChI is InChI=1S/C15H25N3O2.ClH/c1-4-5-14(18(2)3)15(19)17-12-6-8-13(9-7-12)20-11-10-16;/h6-9,14H,4-5,10-11,16H2,1-3H3,(H,17,19);1H. The number of halogens is 1. The van der Waals surface area contributed by atoms with Gasteiger partial charge in [0.05, 0.1) is 6.04 Å². The summed E-state index contributed by atoms with van der Waals surface area (Å²) < 4.78 is 5.39. The lowest BCUT2D eigenvalue weighted by Gasteiger charge is -2.22. The number of rotatable bonds is 8. The third-order valence-corrected chi connectivity index (χ3v) is 3.00. The molecule has 1 aromatic carbocycles. The molecule has 0 bridgehead atoms. The molecule has 21 heavy (non-hydrogen) atoms. The summed E-state index contributed by atoms with van der Waals surface area (Å²) in [5.41, 5.74) is 6.15. The normalized spacial score (nSPS) is 11.7. The summed E-state index contributed by atoms with van der Waals surface area (Å²) in [6, 6.07) is 7.23. The fourth-order valence-electron chi connectivity index (χ4n) is 1.93. The van der Waals surface area contributed by atoms with Gasteiger partial charge in [-0.2, -0.15) is 0 Å². The maximum Gasteiger partial charge on any atom is 0.241 e. The molecule has 1 rings (SSSR count). The second kappa shape index (κ2) is 10.4. The van der Waals surface area contributed by atoms with E-state index in [1.807, 2.05) is 43.3 Å². The Kier molecular flexibility index (Phi) is 9.78. The average Bonchev–Trinajstić information content (AvgIpc) is 2.43. The largest absolute Gasteiger partial charge is 0.492 e. The minimum atomic E-state index is -0.104. The quantitative estimate of drug-likeness (QED) is 0.771. The van der Waals surface area contributed by atoms with E-state index in [4.69, 9.17) is 10.5 Å². The van der Waals surface area contributed by atoms with Crippen molar-refractivity contribution in [2.75, 3.05) is 32.6 Å². The molecule has 0 aliphatic rings. The number of nitrogens with zero attached hydrogens (tertiary/aromatic N) is 1. The summed E-state index contributed by atoms with van der Waals surface area (Å²) in [5, 5.41) is 2.93. The van der Waals surface area contributed by atoms with Crippen LogP contribution in [0.2, 0.25) is 0 Å². The average molecular weight is 316 g/mol. The van der Waals surface area contributed by atoms with Crippen LogP contribution in [-0.4, -0.2) is 44.1 Å². The lowest BCUT2D eigenvalue weighted by Crippen LogP contribution is -2.39. The zero-order chi connectivity index (χ0) is 15.0. The van der Waals surface area contributed by atoms with Crippen molar-refractivity contribution in [1.29, 1.82) is 0 Å². The highest BCUT2D eigenvalue weighted by molar-refractivity contribution is 5.94. The van der Waals surface area contributed by atoms with Gasteiger partial charge in [0, 0.05) is 12.2 Å². The highest BCUT2D eigenvalue weighted by Crippen LogP contribution is 2.16. The number of hydrogen-bond donors (Lipinski definition) is 2. The molecule has 1 atom stereocenters. The van der Waals surface area contributed by atoms with E-state index in [0.29, 0.717) is 13.2 Å². The fourth-order valence-corrected chi connectivity index (χ4v) is 1.93. The maximum absolute atomic E-state index is 12.2. The highest BCUT2D eigenvalue weighted by Gasteiger charge is 2.19. The molecular formula is C15H26ClN3O2. The predicted octanol–water partition coefficient (Wildman–Crippen LogP) is 2.11. The Hall–Kier alpha value is -1.30. The number of likely N-dealkylation sites (N-methyl/N-ethyl adjacent to an activating group) is 1. The zero-order valence-electron chi connectivity index (χ0n) is 13.0. The van der Waals surface area contributed by atoms with Crippen LogP contribution >= 0.6 is 12.4 Å². The smallest absolute Gasteiger partial charge is 0.241 e. The minimum Gasteiger partial charge on any atom is -0.492 e. The number of anilines is 1. The molecule has 3 N–H and O–H groups in total. The number of carbonyl (C=O) groups is 1. The molecule has 0 radical (unpaired) electrons. The highest BCUT2D eigenvalue weighted by atomic mass is 35.5. The van der Waals surface area contributed by atoms with E-state index in [2.05, 4.69) is 12.2 Å². The molecule has 0 saturated heterocycles. The van der Waals surface area contributed by atoms with Crippen LogP contribution in [0.1, 0.15) is 19.8 Å². The van der Waals surface area contributed by atoms with Crippen LogP contribution in [0.15, 0.2) is 24.3 Å². The Bertz CT molecular complexity index is 410. The van der Waals surface area contributed by atoms with Crippen molar-refractivity contribution in [2.45, 2.75) is 25.8 Å². The number of benzene rings is 1. The molecule has 120 valence electrons. The Morgan fingerprint density at radius 3 is 2.43 bits per heavy atom. The Morgan fingerprint density at radius 2 is 1.95 bits per heavy atom. The van der Waals surface area contributed by atoms with Crippen LogP contribution in [0, 0.1) is 0 Å². The van der Waals surface area contributed by atoms with E-state index < -0.39 is 0 Å². The van der Waals surface area contributed by atoms with Crippen LogP contribution in [-0.2, 0) is 4.79 Å². The molecule has 0 saturated carbocycles. The predicted molar refractivity (Wildman–Crippen MR) is 89.3 cm³/mol. The van der Waals surface area contributed by atoms with Crippen LogP contribution in [0.25, 0.3) is 0 Å². The van der Waals surface area contributed by atoms with Gasteiger partial charge in [0.15, 0.2) is 0 Å². The lowest BCUT2D eigenvalue weighted by molar-refractivity contribution is -0.120. The van der Waals surface area contributed by atoms with E-state index in [1.165, 1.54) is 0 Å². The summed E-state index contributed by atoms with van der Waals surface area (Å²) in [4.78, 5) is 14.1. The van der Waals surface area contributed by atoms with Gasteiger partial charge in [0.2, 0.25) is 5.91 Å². The van der Waals surface area contributed by atoms with Crippen molar-refractivity contribution >= 4 is 24.0 Å². The summed E-state index contributed by atoms with van der Waals surface area (Å²) in [6.07, 6.45) is 1.82. The van der Waals surface area contributed by atoms with Crippen molar-refractivity contribution in [3.8, 4) is 5.75 Å². The Balaban J connectivity index is 0.00000400. The van der Waals surface area contributed by atoms with Crippen molar-refractivity contribution in [1.82, 2.24) is 4.90 Å². The molecule has 1 unspecified atom stereocenters. The van der Waals surface area contributed by atoms with Crippen molar-refractivity contribution in [3.63, 3.8) is 0 Å². The minimum absolute atomic E-state index is 0. The lowest BCUT2D eigenvalue weighted by atomic mass is 10.1. The number of hydrogen-bond acceptors (Lipinski definition) is 4. The fraction of sp³-hybridized carbons (Fsp3) is 0.533. The first-order chi connectivity index (χ1) is 9.58. The van der Waals surface area contributed by atoms with Crippen LogP contribution < -0.4 is 15.8 Å². The third kappa shape index (κ3) is 6.80. The second-order valence-electron chi connectivity index (χ2n) is 4.92. The van der Waals surface area contributed by atoms with E-state index >= 15 is 0 Å². The molecule has 0 spiro atoms. The number of amides is 1. The summed E-state index contributed by atoms with van der Waals surface area (Å²) >= 11 is 0. The Morgan fingerprint density at radius 1 is 1.33 bits per heavy atom. The molecule has 6 heteroatoms. The van der Waals surface area contributed by atoms with E-state index in [-0.39, 0.29) is 24.4 Å². The van der Waals surface area contributed by atoms with Crippen molar-refractivity contribution in [3.05, 3.63) is 24.3 Å². The third-order valence-electron chi connectivity index (χ3n) is 3.00. The molecule has 0 aliphatic heterocycles. The van der Waals surface area contributed by atoms with Gasteiger partial charge in [-0.15, -0.1) is 12.4 Å². The van der Waals surface area contributed by atoms with Gasteiger partial charge in [0.1, 0.15) is 12.4 Å². The van der Waals surface area contributed by atoms with Crippen LogP contribution in [0.4, 0.5) is 5.69 Å². The molecule has 0 heterocycles. The van der Waals surface area contributed by atoms with Gasteiger partial charge in [0.25, 0.3) is 0 Å². The first-order valence-corrected chi connectivity index (χ1v) is 6.98. The maximum atomic E-state index is 12.2. The second-order valence-corrected chi connectivity index (χ2v) is 4.92. The SMILES string of the molecule is CCCC(C(=O)Nc1ccc(OCCN)cc1)N(C)C.Cl. The zero-order valence-corrected chi connectivity index (χ0v) is 13.8. The van der Waals surface area contributed by atoms with Gasteiger partial charge in [-0.25, -0.2) is 0 Å². The van der Waals surface area contributed by atoms with Gasteiger partial charge in [-0.3, -0.25) is 9.69 Å². The summed E-state index contributed by atoms with van der Waals surface area (Å²) in [7, 11) is 3.84.